The maximum Gasteiger partial charge on any atom is 0.220 e. The van der Waals surface area contributed by atoms with Gasteiger partial charge in [0.05, 0.1) is 12.2 Å². The summed E-state index contributed by atoms with van der Waals surface area (Å²) in [5, 5.41) is 3.16. The number of aryl methyl sites for hydroxylation is 2. The van der Waals surface area contributed by atoms with Crippen LogP contribution in [0.4, 0.5) is 0 Å². The van der Waals surface area contributed by atoms with Crippen molar-refractivity contribution in [3.63, 3.8) is 0 Å². The molecule has 1 amide bonds. The van der Waals surface area contributed by atoms with Gasteiger partial charge in [-0.25, -0.2) is 4.98 Å². The molecule has 1 N–H and O–H groups in total. The lowest BCUT2D eigenvalue weighted by atomic mass is 10.0. The van der Waals surface area contributed by atoms with Gasteiger partial charge < -0.3 is 9.73 Å². The number of amides is 1. The highest BCUT2D eigenvalue weighted by molar-refractivity contribution is 5.76. The summed E-state index contributed by atoms with van der Waals surface area (Å²) in [7, 11) is 0. The van der Waals surface area contributed by atoms with Crippen molar-refractivity contribution in [2.75, 3.05) is 0 Å². The third kappa shape index (κ3) is 4.76. The standard InChI is InChI=1S/C25H28N2O2/c1-17(2)15-18-7-9-20(10-8-18)23-16-26-25(29-23)14-13-24(28)27-22-12-11-19-5-3-4-6-21(19)22/h3-10,16-17,22H,11-15H2,1-2H3,(H,27,28). The summed E-state index contributed by atoms with van der Waals surface area (Å²) in [5.74, 6) is 2.04. The number of aromatic nitrogens is 1. The number of hydrogen-bond donors (Lipinski definition) is 1. The quantitative estimate of drug-likeness (QED) is 0.599. The molecule has 1 aliphatic rings. The van der Waals surface area contributed by atoms with Crippen LogP contribution in [0.5, 0.6) is 0 Å². The zero-order chi connectivity index (χ0) is 20.2. The minimum absolute atomic E-state index is 0.0458. The fourth-order valence-electron chi connectivity index (χ4n) is 4.03. The van der Waals surface area contributed by atoms with Gasteiger partial charge >= 0.3 is 0 Å². The van der Waals surface area contributed by atoms with E-state index in [1.807, 2.05) is 6.07 Å². The number of nitrogens with one attached hydrogen (secondary N) is 1. The van der Waals surface area contributed by atoms with Crippen molar-refractivity contribution in [1.29, 1.82) is 0 Å². The third-order valence-electron chi connectivity index (χ3n) is 5.47. The summed E-state index contributed by atoms with van der Waals surface area (Å²) in [5.41, 5.74) is 4.94. The molecule has 0 aliphatic heterocycles. The maximum atomic E-state index is 12.4. The number of carbonyl (C=O) groups is 1. The SMILES string of the molecule is CC(C)Cc1ccc(-c2cnc(CCC(=O)NC3CCc4ccccc43)o2)cc1. The third-order valence-corrected chi connectivity index (χ3v) is 5.47. The Labute approximate surface area is 172 Å². The minimum Gasteiger partial charge on any atom is -0.441 e. The van der Waals surface area contributed by atoms with Gasteiger partial charge in [-0.2, -0.15) is 0 Å². The van der Waals surface area contributed by atoms with Gasteiger partial charge in [-0.1, -0.05) is 62.4 Å². The lowest BCUT2D eigenvalue weighted by Gasteiger charge is -2.13. The second-order valence-corrected chi connectivity index (χ2v) is 8.27. The Morgan fingerprint density at radius 1 is 1.17 bits per heavy atom. The van der Waals surface area contributed by atoms with E-state index in [-0.39, 0.29) is 11.9 Å². The van der Waals surface area contributed by atoms with Gasteiger partial charge in [0.15, 0.2) is 11.7 Å². The van der Waals surface area contributed by atoms with Gasteiger partial charge in [0.1, 0.15) is 0 Å². The topological polar surface area (TPSA) is 55.1 Å². The zero-order valence-electron chi connectivity index (χ0n) is 17.2. The van der Waals surface area contributed by atoms with Gasteiger partial charge in [-0.15, -0.1) is 0 Å². The fraction of sp³-hybridized carbons (Fsp3) is 0.360. The van der Waals surface area contributed by atoms with Crippen molar-refractivity contribution in [3.05, 3.63) is 77.3 Å². The first-order chi connectivity index (χ1) is 14.1. The van der Waals surface area contributed by atoms with Crippen LogP contribution >= 0.6 is 0 Å². The highest BCUT2D eigenvalue weighted by atomic mass is 16.4. The van der Waals surface area contributed by atoms with Gasteiger partial charge in [-0.05, 0) is 41.9 Å². The molecule has 1 heterocycles. The molecule has 1 aromatic heterocycles. The molecule has 0 radical (unpaired) electrons. The number of carbonyl (C=O) groups excluding carboxylic acids is 1. The fourth-order valence-corrected chi connectivity index (χ4v) is 4.03. The Bertz CT molecular complexity index is 972. The molecule has 150 valence electrons. The summed E-state index contributed by atoms with van der Waals surface area (Å²) < 4.78 is 5.88. The molecule has 0 spiro atoms. The molecule has 0 saturated carbocycles. The molecule has 4 heteroatoms. The normalized spacial score (nSPS) is 15.5. The van der Waals surface area contributed by atoms with Gasteiger partial charge in [-0.3, -0.25) is 4.79 Å². The number of nitrogens with zero attached hydrogens (tertiary/aromatic N) is 1. The number of benzene rings is 2. The van der Waals surface area contributed by atoms with Crippen molar-refractivity contribution < 1.29 is 9.21 Å². The van der Waals surface area contributed by atoms with Crippen LogP contribution in [0.2, 0.25) is 0 Å². The Kier molecular flexibility index (Phi) is 5.79. The van der Waals surface area contributed by atoms with E-state index in [0.29, 0.717) is 24.7 Å². The van der Waals surface area contributed by atoms with Gasteiger partial charge in [0.25, 0.3) is 0 Å². The van der Waals surface area contributed by atoms with Crippen LogP contribution < -0.4 is 5.32 Å². The Balaban J connectivity index is 1.31. The van der Waals surface area contributed by atoms with Crippen LogP contribution in [0.3, 0.4) is 0 Å². The minimum atomic E-state index is 0.0458. The average molecular weight is 389 g/mol. The van der Waals surface area contributed by atoms with Crippen molar-refractivity contribution in [2.45, 2.75) is 52.0 Å². The van der Waals surface area contributed by atoms with E-state index in [9.17, 15) is 4.79 Å². The van der Waals surface area contributed by atoms with Crippen LogP contribution in [0.25, 0.3) is 11.3 Å². The first kappa shape index (κ1) is 19.4. The number of rotatable bonds is 7. The van der Waals surface area contributed by atoms with Gasteiger partial charge in [0.2, 0.25) is 5.91 Å². The highest BCUT2D eigenvalue weighted by Crippen LogP contribution is 2.30. The van der Waals surface area contributed by atoms with E-state index in [4.69, 9.17) is 4.42 Å². The van der Waals surface area contributed by atoms with E-state index in [1.165, 1.54) is 16.7 Å². The van der Waals surface area contributed by atoms with Crippen LogP contribution in [0.1, 0.15) is 55.3 Å². The molecule has 0 saturated heterocycles. The van der Waals surface area contributed by atoms with Crippen molar-refractivity contribution in [2.24, 2.45) is 5.92 Å². The van der Waals surface area contributed by atoms with E-state index >= 15 is 0 Å². The molecule has 29 heavy (non-hydrogen) atoms. The lowest BCUT2D eigenvalue weighted by molar-refractivity contribution is -0.121. The second-order valence-electron chi connectivity index (χ2n) is 8.27. The molecule has 0 fully saturated rings. The summed E-state index contributed by atoms with van der Waals surface area (Å²) in [4.78, 5) is 16.8. The highest BCUT2D eigenvalue weighted by Gasteiger charge is 2.23. The van der Waals surface area contributed by atoms with Crippen LogP contribution in [0.15, 0.2) is 59.1 Å². The maximum absolute atomic E-state index is 12.4. The molecule has 2 aromatic carbocycles. The average Bonchev–Trinajstić information content (AvgIpc) is 3.34. The van der Waals surface area contributed by atoms with Crippen molar-refractivity contribution in [1.82, 2.24) is 10.3 Å². The molecular weight excluding hydrogens is 360 g/mol. The monoisotopic (exact) mass is 388 g/mol. The summed E-state index contributed by atoms with van der Waals surface area (Å²) in [6.45, 7) is 4.44. The zero-order valence-corrected chi connectivity index (χ0v) is 17.2. The van der Waals surface area contributed by atoms with Crippen molar-refractivity contribution >= 4 is 5.91 Å². The molecule has 3 aromatic rings. The van der Waals surface area contributed by atoms with E-state index in [1.54, 1.807) is 6.20 Å². The molecule has 4 nitrogen and oxygen atoms in total. The molecule has 1 aliphatic carbocycles. The number of hydrogen-bond acceptors (Lipinski definition) is 3. The Morgan fingerprint density at radius 3 is 2.76 bits per heavy atom. The van der Waals surface area contributed by atoms with Crippen LogP contribution in [0, 0.1) is 5.92 Å². The first-order valence-corrected chi connectivity index (χ1v) is 10.5. The molecule has 0 bridgehead atoms. The lowest BCUT2D eigenvalue weighted by Crippen LogP contribution is -2.27. The predicted molar refractivity (Wildman–Crippen MR) is 114 cm³/mol. The largest absolute Gasteiger partial charge is 0.441 e. The van der Waals surface area contributed by atoms with Crippen LogP contribution in [-0.2, 0) is 24.1 Å². The second kappa shape index (κ2) is 8.64. The first-order valence-electron chi connectivity index (χ1n) is 10.5. The van der Waals surface area contributed by atoms with Gasteiger partial charge in [0, 0.05) is 18.4 Å². The van der Waals surface area contributed by atoms with Crippen LogP contribution in [-0.4, -0.2) is 10.9 Å². The van der Waals surface area contributed by atoms with E-state index in [0.717, 1.165) is 30.6 Å². The van der Waals surface area contributed by atoms with E-state index < -0.39 is 0 Å². The van der Waals surface area contributed by atoms with Crippen molar-refractivity contribution in [3.8, 4) is 11.3 Å². The Hall–Kier alpha value is -2.88. The number of fused-ring (bicyclic) bond motifs is 1. The predicted octanol–water partition coefficient (Wildman–Crippen LogP) is 5.28. The van der Waals surface area contributed by atoms with E-state index in [2.05, 4.69) is 66.6 Å². The molecule has 1 unspecified atom stereocenters. The Morgan fingerprint density at radius 2 is 1.97 bits per heavy atom. The summed E-state index contributed by atoms with van der Waals surface area (Å²) >= 11 is 0. The molecule has 1 atom stereocenters. The number of oxazole rings is 1. The summed E-state index contributed by atoms with van der Waals surface area (Å²) in [6, 6.07) is 16.9. The summed E-state index contributed by atoms with van der Waals surface area (Å²) in [6.07, 6.45) is 5.71. The smallest absolute Gasteiger partial charge is 0.220 e. The molecular formula is C25H28N2O2. The molecule has 4 rings (SSSR count).